The lowest BCUT2D eigenvalue weighted by Gasteiger charge is -2.36. The number of pyridine rings is 1. The van der Waals surface area contributed by atoms with Gasteiger partial charge in [0.1, 0.15) is 5.69 Å². The van der Waals surface area contributed by atoms with Crippen LogP contribution >= 0.6 is 0 Å². The number of urea groups is 1. The Kier molecular flexibility index (Phi) is 5.00. The van der Waals surface area contributed by atoms with Gasteiger partial charge in [0.15, 0.2) is 0 Å². The van der Waals surface area contributed by atoms with Gasteiger partial charge in [-0.15, -0.1) is 0 Å². The van der Waals surface area contributed by atoms with E-state index in [1.807, 2.05) is 0 Å². The first-order valence-electron chi connectivity index (χ1n) is 8.60. The standard InChI is InChI=1S/C17H26N4O2/c1-20-10-4-7-15(16(20)22)19-17(23)18-13-8-11-21(12-9-13)14-5-2-3-6-14/h4,7,10,13-14H,2-3,5-6,8-9,11-12H2,1H3,(H2,18,19,23). The van der Waals surface area contributed by atoms with Crippen LogP contribution in [-0.4, -0.2) is 40.7 Å². The van der Waals surface area contributed by atoms with Crippen LogP contribution in [-0.2, 0) is 7.05 Å². The lowest BCUT2D eigenvalue weighted by Crippen LogP contribution is -2.48. The third kappa shape index (κ3) is 3.93. The molecule has 1 aromatic heterocycles. The highest BCUT2D eigenvalue weighted by Crippen LogP contribution is 2.26. The average molecular weight is 318 g/mol. The fourth-order valence-corrected chi connectivity index (χ4v) is 3.71. The number of nitrogens with zero attached hydrogens (tertiary/aromatic N) is 2. The third-order valence-corrected chi connectivity index (χ3v) is 5.08. The monoisotopic (exact) mass is 318 g/mol. The summed E-state index contributed by atoms with van der Waals surface area (Å²) < 4.78 is 1.45. The van der Waals surface area contributed by atoms with Crippen molar-refractivity contribution < 1.29 is 4.79 Å². The number of aromatic nitrogens is 1. The maximum absolute atomic E-state index is 12.1. The molecule has 1 saturated heterocycles. The molecule has 2 aliphatic rings. The van der Waals surface area contributed by atoms with Crippen molar-refractivity contribution in [2.75, 3.05) is 18.4 Å². The number of likely N-dealkylation sites (tertiary alicyclic amines) is 1. The molecule has 1 saturated carbocycles. The van der Waals surface area contributed by atoms with E-state index >= 15 is 0 Å². The zero-order valence-electron chi connectivity index (χ0n) is 13.8. The summed E-state index contributed by atoms with van der Waals surface area (Å²) in [6.07, 6.45) is 9.01. The highest BCUT2D eigenvalue weighted by molar-refractivity contribution is 5.89. The van der Waals surface area contributed by atoms with Crippen molar-refractivity contribution in [1.29, 1.82) is 0 Å². The van der Waals surface area contributed by atoms with E-state index in [2.05, 4.69) is 15.5 Å². The molecule has 2 heterocycles. The van der Waals surface area contributed by atoms with Crippen LogP contribution in [0.2, 0.25) is 0 Å². The molecule has 0 radical (unpaired) electrons. The fourth-order valence-electron chi connectivity index (χ4n) is 3.71. The van der Waals surface area contributed by atoms with Crippen molar-refractivity contribution in [2.45, 2.75) is 50.6 Å². The number of hydrogen-bond acceptors (Lipinski definition) is 3. The van der Waals surface area contributed by atoms with Gasteiger partial charge in [-0.3, -0.25) is 4.79 Å². The van der Waals surface area contributed by atoms with E-state index in [1.165, 1.54) is 30.3 Å². The quantitative estimate of drug-likeness (QED) is 0.895. The van der Waals surface area contributed by atoms with Crippen LogP contribution in [0, 0.1) is 0 Å². The van der Waals surface area contributed by atoms with Crippen molar-refractivity contribution in [3.8, 4) is 0 Å². The summed E-state index contributed by atoms with van der Waals surface area (Å²) in [6.45, 7) is 2.12. The molecule has 2 fully saturated rings. The first-order chi connectivity index (χ1) is 11.1. The molecule has 0 atom stereocenters. The maximum atomic E-state index is 12.1. The second-order valence-electron chi connectivity index (χ2n) is 6.68. The van der Waals surface area contributed by atoms with Gasteiger partial charge in [-0.1, -0.05) is 12.8 Å². The van der Waals surface area contributed by atoms with Crippen molar-refractivity contribution >= 4 is 11.7 Å². The molecule has 2 amide bonds. The molecule has 2 N–H and O–H groups in total. The number of carbonyl (C=O) groups excluding carboxylic acids is 1. The number of amides is 2. The van der Waals surface area contributed by atoms with Gasteiger partial charge in [-0.05, 0) is 37.8 Å². The highest BCUT2D eigenvalue weighted by atomic mass is 16.2. The topological polar surface area (TPSA) is 66.4 Å². The summed E-state index contributed by atoms with van der Waals surface area (Å²) in [6, 6.07) is 4.05. The van der Waals surface area contributed by atoms with E-state index in [1.54, 1.807) is 25.4 Å². The van der Waals surface area contributed by atoms with Gasteiger partial charge < -0.3 is 20.1 Å². The Bertz CT molecular complexity index is 599. The van der Waals surface area contributed by atoms with Crippen LogP contribution in [0.4, 0.5) is 10.5 Å². The number of carbonyl (C=O) groups is 1. The third-order valence-electron chi connectivity index (χ3n) is 5.08. The second-order valence-corrected chi connectivity index (χ2v) is 6.68. The minimum Gasteiger partial charge on any atom is -0.335 e. The molecule has 0 unspecified atom stereocenters. The molecule has 0 spiro atoms. The van der Waals surface area contributed by atoms with Crippen LogP contribution in [0.3, 0.4) is 0 Å². The van der Waals surface area contributed by atoms with Crippen LogP contribution in [0.15, 0.2) is 23.1 Å². The number of anilines is 1. The van der Waals surface area contributed by atoms with Gasteiger partial charge in [-0.2, -0.15) is 0 Å². The molecule has 1 aliphatic carbocycles. The van der Waals surface area contributed by atoms with Crippen molar-refractivity contribution in [2.24, 2.45) is 7.05 Å². The van der Waals surface area contributed by atoms with E-state index < -0.39 is 0 Å². The first-order valence-corrected chi connectivity index (χ1v) is 8.60. The summed E-state index contributed by atoms with van der Waals surface area (Å²) in [5.41, 5.74) is 0.120. The van der Waals surface area contributed by atoms with Crippen LogP contribution in [0.5, 0.6) is 0 Å². The molecular formula is C17H26N4O2. The van der Waals surface area contributed by atoms with Crippen molar-refractivity contribution in [3.05, 3.63) is 28.7 Å². The summed E-state index contributed by atoms with van der Waals surface area (Å²) in [5, 5.41) is 5.67. The first kappa shape index (κ1) is 16.1. The van der Waals surface area contributed by atoms with E-state index in [0.29, 0.717) is 5.69 Å². The van der Waals surface area contributed by atoms with Gasteiger partial charge >= 0.3 is 6.03 Å². The molecule has 0 bridgehead atoms. The summed E-state index contributed by atoms with van der Waals surface area (Å²) in [5.74, 6) is 0. The Morgan fingerprint density at radius 3 is 2.57 bits per heavy atom. The normalized spacial score (nSPS) is 20.6. The lowest BCUT2D eigenvalue weighted by molar-refractivity contribution is 0.147. The molecular weight excluding hydrogens is 292 g/mol. The Balaban J connectivity index is 1.47. The number of piperidine rings is 1. The lowest BCUT2D eigenvalue weighted by atomic mass is 10.0. The fraction of sp³-hybridized carbons (Fsp3) is 0.647. The summed E-state index contributed by atoms with van der Waals surface area (Å²) in [7, 11) is 1.67. The number of nitrogens with one attached hydrogen (secondary N) is 2. The van der Waals surface area contributed by atoms with Gasteiger partial charge in [0, 0.05) is 38.4 Å². The van der Waals surface area contributed by atoms with E-state index in [4.69, 9.17) is 0 Å². The largest absolute Gasteiger partial charge is 0.335 e. The van der Waals surface area contributed by atoms with Crippen LogP contribution in [0.1, 0.15) is 38.5 Å². The molecule has 1 aliphatic heterocycles. The zero-order chi connectivity index (χ0) is 16.2. The predicted molar refractivity (Wildman–Crippen MR) is 90.7 cm³/mol. The van der Waals surface area contributed by atoms with Gasteiger partial charge in [0.25, 0.3) is 5.56 Å². The molecule has 0 aromatic carbocycles. The van der Waals surface area contributed by atoms with E-state index in [0.717, 1.165) is 32.0 Å². The Labute approximate surface area is 136 Å². The van der Waals surface area contributed by atoms with Crippen molar-refractivity contribution in [1.82, 2.24) is 14.8 Å². The molecule has 6 nitrogen and oxygen atoms in total. The minimum absolute atomic E-state index is 0.195. The van der Waals surface area contributed by atoms with Gasteiger partial charge in [-0.25, -0.2) is 4.79 Å². The minimum atomic E-state index is -0.285. The predicted octanol–water partition coefficient (Wildman–Crippen LogP) is 1.91. The van der Waals surface area contributed by atoms with Gasteiger partial charge in [0.2, 0.25) is 0 Å². The molecule has 126 valence electrons. The van der Waals surface area contributed by atoms with Crippen molar-refractivity contribution in [3.63, 3.8) is 0 Å². The Hall–Kier alpha value is -1.82. The smallest absolute Gasteiger partial charge is 0.319 e. The molecule has 3 rings (SSSR count). The van der Waals surface area contributed by atoms with Crippen LogP contribution in [0.25, 0.3) is 0 Å². The number of rotatable bonds is 3. The average Bonchev–Trinajstić information content (AvgIpc) is 3.07. The zero-order valence-corrected chi connectivity index (χ0v) is 13.8. The van der Waals surface area contributed by atoms with E-state index in [-0.39, 0.29) is 17.6 Å². The Morgan fingerprint density at radius 1 is 1.17 bits per heavy atom. The molecule has 23 heavy (non-hydrogen) atoms. The SMILES string of the molecule is Cn1cccc(NC(=O)NC2CCN(C3CCCC3)CC2)c1=O. The second kappa shape index (κ2) is 7.17. The molecule has 6 heteroatoms. The van der Waals surface area contributed by atoms with Crippen LogP contribution < -0.4 is 16.2 Å². The maximum Gasteiger partial charge on any atom is 0.319 e. The molecule has 1 aromatic rings. The number of hydrogen-bond donors (Lipinski definition) is 2. The van der Waals surface area contributed by atoms with Gasteiger partial charge in [0.05, 0.1) is 0 Å². The summed E-state index contributed by atoms with van der Waals surface area (Å²) in [4.78, 5) is 26.6. The van der Waals surface area contributed by atoms with E-state index in [9.17, 15) is 9.59 Å². The number of aryl methyl sites for hydroxylation is 1. The summed E-state index contributed by atoms with van der Waals surface area (Å²) >= 11 is 0. The Morgan fingerprint density at radius 2 is 1.87 bits per heavy atom. The highest BCUT2D eigenvalue weighted by Gasteiger charge is 2.27.